The van der Waals surface area contributed by atoms with E-state index in [0.717, 1.165) is 18.6 Å². The van der Waals surface area contributed by atoms with Gasteiger partial charge < -0.3 is 20.9 Å². The van der Waals surface area contributed by atoms with E-state index in [0.29, 0.717) is 12.3 Å². The molecule has 0 aliphatic carbocycles. The molecular formula is C20H24N2O4. The van der Waals surface area contributed by atoms with Crippen LogP contribution >= 0.6 is 0 Å². The number of rotatable bonds is 10. The Morgan fingerprint density at radius 3 is 2.42 bits per heavy atom. The summed E-state index contributed by atoms with van der Waals surface area (Å²) < 4.78 is 5.70. The number of carboxylic acid groups (broad SMARTS) is 1. The molecule has 26 heavy (non-hydrogen) atoms. The Morgan fingerprint density at radius 2 is 1.77 bits per heavy atom. The lowest BCUT2D eigenvalue weighted by molar-refractivity contribution is -0.138. The Bertz CT molecular complexity index is 702. The number of aliphatic carboxylic acids is 1. The molecule has 138 valence electrons. The zero-order valence-corrected chi connectivity index (χ0v) is 14.6. The Morgan fingerprint density at radius 1 is 1.08 bits per heavy atom. The second-order valence-electron chi connectivity index (χ2n) is 5.99. The number of hydrogen-bond acceptors (Lipinski definition) is 4. The SMILES string of the molecule is NC(CCC(=O)Nc1ccc(OCCCc2ccccc2)cc1)C(=O)O. The van der Waals surface area contributed by atoms with Crippen molar-refractivity contribution in [2.45, 2.75) is 31.7 Å². The highest BCUT2D eigenvalue weighted by Crippen LogP contribution is 2.16. The Hall–Kier alpha value is -2.86. The molecule has 0 aromatic heterocycles. The van der Waals surface area contributed by atoms with Crippen LogP contribution in [0.25, 0.3) is 0 Å². The monoisotopic (exact) mass is 356 g/mol. The summed E-state index contributed by atoms with van der Waals surface area (Å²) >= 11 is 0. The molecule has 0 saturated heterocycles. The molecule has 0 bridgehead atoms. The van der Waals surface area contributed by atoms with Crippen LogP contribution in [0.5, 0.6) is 5.75 Å². The minimum absolute atomic E-state index is 0.0607. The molecule has 6 heteroatoms. The van der Waals surface area contributed by atoms with Crippen molar-refractivity contribution in [3.05, 3.63) is 60.2 Å². The molecule has 0 aliphatic rings. The summed E-state index contributed by atoms with van der Waals surface area (Å²) in [6, 6.07) is 16.3. The lowest BCUT2D eigenvalue weighted by Crippen LogP contribution is -2.31. The molecule has 0 spiro atoms. The van der Waals surface area contributed by atoms with Crippen molar-refractivity contribution < 1.29 is 19.4 Å². The minimum atomic E-state index is -1.11. The largest absolute Gasteiger partial charge is 0.494 e. The van der Waals surface area contributed by atoms with Crippen molar-refractivity contribution in [1.82, 2.24) is 0 Å². The summed E-state index contributed by atoms with van der Waals surface area (Å²) in [5.74, 6) is -0.631. The number of anilines is 1. The zero-order chi connectivity index (χ0) is 18.8. The van der Waals surface area contributed by atoms with E-state index >= 15 is 0 Å². The number of carbonyl (C=O) groups is 2. The van der Waals surface area contributed by atoms with Gasteiger partial charge in [-0.15, -0.1) is 0 Å². The van der Waals surface area contributed by atoms with Gasteiger partial charge in [-0.3, -0.25) is 9.59 Å². The summed E-state index contributed by atoms with van der Waals surface area (Å²) in [6.07, 6.45) is 2.05. The number of nitrogens with two attached hydrogens (primary N) is 1. The molecule has 2 rings (SSSR count). The highest BCUT2D eigenvalue weighted by Gasteiger charge is 2.13. The van der Waals surface area contributed by atoms with Crippen LogP contribution in [0.3, 0.4) is 0 Å². The maximum absolute atomic E-state index is 11.8. The fourth-order valence-electron chi connectivity index (χ4n) is 2.38. The van der Waals surface area contributed by atoms with Gasteiger partial charge in [0.15, 0.2) is 0 Å². The van der Waals surface area contributed by atoms with Crippen molar-refractivity contribution >= 4 is 17.6 Å². The number of ether oxygens (including phenoxy) is 1. The second kappa shape index (κ2) is 10.2. The summed E-state index contributed by atoms with van der Waals surface area (Å²) in [5.41, 5.74) is 7.30. The lowest BCUT2D eigenvalue weighted by atomic mass is 10.1. The van der Waals surface area contributed by atoms with Crippen molar-refractivity contribution in [2.24, 2.45) is 5.73 Å². The molecule has 1 unspecified atom stereocenters. The van der Waals surface area contributed by atoms with Gasteiger partial charge in [0.05, 0.1) is 6.61 Å². The van der Waals surface area contributed by atoms with Gasteiger partial charge in [0.25, 0.3) is 0 Å². The van der Waals surface area contributed by atoms with Gasteiger partial charge in [-0.25, -0.2) is 0 Å². The van der Waals surface area contributed by atoms with Gasteiger partial charge in [-0.2, -0.15) is 0 Å². The third kappa shape index (κ3) is 6.94. The fraction of sp³-hybridized carbons (Fsp3) is 0.300. The van der Waals surface area contributed by atoms with Gasteiger partial charge in [0.2, 0.25) is 5.91 Å². The number of hydrogen-bond donors (Lipinski definition) is 3. The van der Waals surface area contributed by atoms with E-state index in [1.54, 1.807) is 24.3 Å². The molecule has 2 aromatic rings. The number of amides is 1. The molecular weight excluding hydrogens is 332 g/mol. The third-order valence-corrected chi connectivity index (χ3v) is 3.86. The Balaban J connectivity index is 1.68. The van der Waals surface area contributed by atoms with Crippen LogP contribution in [-0.4, -0.2) is 29.6 Å². The van der Waals surface area contributed by atoms with Gasteiger partial charge in [0, 0.05) is 12.1 Å². The van der Waals surface area contributed by atoms with Gasteiger partial charge in [0.1, 0.15) is 11.8 Å². The van der Waals surface area contributed by atoms with Gasteiger partial charge in [-0.1, -0.05) is 30.3 Å². The first kappa shape index (κ1) is 19.5. The first-order valence-corrected chi connectivity index (χ1v) is 8.59. The summed E-state index contributed by atoms with van der Waals surface area (Å²) in [7, 11) is 0. The smallest absolute Gasteiger partial charge is 0.320 e. The van der Waals surface area contributed by atoms with Crippen molar-refractivity contribution in [3.8, 4) is 5.75 Å². The zero-order valence-electron chi connectivity index (χ0n) is 14.6. The molecule has 0 saturated carbocycles. The number of aryl methyl sites for hydroxylation is 1. The van der Waals surface area contributed by atoms with Crippen LogP contribution in [0.1, 0.15) is 24.8 Å². The molecule has 6 nitrogen and oxygen atoms in total. The van der Waals surface area contributed by atoms with Crippen molar-refractivity contribution in [1.29, 1.82) is 0 Å². The van der Waals surface area contributed by atoms with Crippen LogP contribution in [0.4, 0.5) is 5.69 Å². The molecule has 0 fully saturated rings. The summed E-state index contributed by atoms with van der Waals surface area (Å²) in [5, 5.41) is 11.4. The van der Waals surface area contributed by atoms with Crippen LogP contribution in [0.2, 0.25) is 0 Å². The van der Waals surface area contributed by atoms with E-state index in [1.165, 1.54) is 5.56 Å². The normalized spacial score (nSPS) is 11.6. The first-order chi connectivity index (χ1) is 12.5. The van der Waals surface area contributed by atoms with Crippen molar-refractivity contribution in [2.75, 3.05) is 11.9 Å². The van der Waals surface area contributed by atoms with E-state index in [9.17, 15) is 9.59 Å². The van der Waals surface area contributed by atoms with E-state index < -0.39 is 12.0 Å². The van der Waals surface area contributed by atoms with E-state index in [1.807, 2.05) is 18.2 Å². The van der Waals surface area contributed by atoms with E-state index in [2.05, 4.69) is 17.4 Å². The Kier molecular flexibility index (Phi) is 7.64. The number of benzene rings is 2. The quantitative estimate of drug-likeness (QED) is 0.568. The molecule has 0 radical (unpaired) electrons. The molecule has 4 N–H and O–H groups in total. The molecule has 0 heterocycles. The predicted octanol–water partition coefficient (Wildman–Crippen LogP) is 2.83. The van der Waals surface area contributed by atoms with Crippen LogP contribution < -0.4 is 15.8 Å². The second-order valence-corrected chi connectivity index (χ2v) is 5.99. The molecule has 1 amide bonds. The number of carbonyl (C=O) groups excluding carboxylic acids is 1. The van der Waals surface area contributed by atoms with Crippen LogP contribution in [0.15, 0.2) is 54.6 Å². The molecule has 2 aromatic carbocycles. The average Bonchev–Trinajstić information content (AvgIpc) is 2.65. The third-order valence-electron chi connectivity index (χ3n) is 3.86. The lowest BCUT2D eigenvalue weighted by Gasteiger charge is -2.09. The molecule has 1 atom stereocenters. The standard InChI is InChI=1S/C20H24N2O4/c21-18(20(24)25)12-13-19(23)22-16-8-10-17(11-9-16)26-14-4-7-15-5-2-1-3-6-15/h1-3,5-6,8-11,18H,4,7,12-14,21H2,(H,22,23)(H,24,25). The minimum Gasteiger partial charge on any atom is -0.494 e. The van der Waals surface area contributed by atoms with E-state index in [4.69, 9.17) is 15.6 Å². The highest BCUT2D eigenvalue weighted by atomic mass is 16.5. The predicted molar refractivity (Wildman–Crippen MR) is 100 cm³/mol. The fourth-order valence-corrected chi connectivity index (χ4v) is 2.38. The molecule has 0 aliphatic heterocycles. The number of carboxylic acids is 1. The maximum Gasteiger partial charge on any atom is 0.320 e. The van der Waals surface area contributed by atoms with Crippen LogP contribution in [0, 0.1) is 0 Å². The van der Waals surface area contributed by atoms with Crippen LogP contribution in [-0.2, 0) is 16.0 Å². The van der Waals surface area contributed by atoms with Gasteiger partial charge in [-0.05, 0) is 49.1 Å². The highest BCUT2D eigenvalue weighted by molar-refractivity contribution is 5.91. The van der Waals surface area contributed by atoms with Crippen molar-refractivity contribution in [3.63, 3.8) is 0 Å². The number of nitrogens with one attached hydrogen (secondary N) is 1. The Labute approximate surface area is 153 Å². The topological polar surface area (TPSA) is 102 Å². The summed E-state index contributed by atoms with van der Waals surface area (Å²) in [4.78, 5) is 22.4. The maximum atomic E-state index is 11.8. The average molecular weight is 356 g/mol. The summed E-state index contributed by atoms with van der Waals surface area (Å²) in [6.45, 7) is 0.619. The van der Waals surface area contributed by atoms with E-state index in [-0.39, 0.29) is 18.7 Å². The first-order valence-electron chi connectivity index (χ1n) is 8.59. The van der Waals surface area contributed by atoms with Gasteiger partial charge >= 0.3 is 5.97 Å².